The summed E-state index contributed by atoms with van der Waals surface area (Å²) < 4.78 is 14.5. The highest BCUT2D eigenvalue weighted by Crippen LogP contribution is 2.28. The zero-order valence-corrected chi connectivity index (χ0v) is 13.6. The molecule has 3 aromatic rings. The molecular formula is C17H14FN3O2S. The van der Waals surface area contributed by atoms with Gasteiger partial charge in [-0.25, -0.2) is 9.37 Å². The van der Waals surface area contributed by atoms with E-state index in [2.05, 4.69) is 15.6 Å². The molecule has 0 spiro atoms. The van der Waals surface area contributed by atoms with Crippen LogP contribution in [0, 0.1) is 5.82 Å². The summed E-state index contributed by atoms with van der Waals surface area (Å²) in [5.41, 5.74) is 1.14. The highest BCUT2D eigenvalue weighted by molar-refractivity contribution is 7.22. The van der Waals surface area contributed by atoms with E-state index in [1.165, 1.54) is 29.5 Å². The second-order valence-corrected chi connectivity index (χ2v) is 6.07. The summed E-state index contributed by atoms with van der Waals surface area (Å²) in [6, 6.07) is 11.0. The summed E-state index contributed by atoms with van der Waals surface area (Å²) in [7, 11) is 0. The Labute approximate surface area is 141 Å². The third kappa shape index (κ3) is 3.41. The molecule has 0 atom stereocenters. The zero-order valence-electron chi connectivity index (χ0n) is 12.8. The fourth-order valence-corrected chi connectivity index (χ4v) is 2.97. The van der Waals surface area contributed by atoms with Crippen molar-refractivity contribution in [3.8, 4) is 0 Å². The smallest absolute Gasteiger partial charge is 0.258 e. The first-order valence-electron chi connectivity index (χ1n) is 7.33. The van der Waals surface area contributed by atoms with E-state index in [9.17, 15) is 14.0 Å². The summed E-state index contributed by atoms with van der Waals surface area (Å²) >= 11 is 1.35. The number of rotatable bonds is 4. The Kier molecular flexibility index (Phi) is 4.52. The average Bonchev–Trinajstić information content (AvgIpc) is 2.96. The van der Waals surface area contributed by atoms with Gasteiger partial charge in [0.2, 0.25) is 5.91 Å². The second kappa shape index (κ2) is 6.76. The highest BCUT2D eigenvalue weighted by atomic mass is 32.1. The molecular weight excluding hydrogens is 329 g/mol. The molecule has 0 aliphatic rings. The van der Waals surface area contributed by atoms with Crippen LogP contribution in [0.3, 0.4) is 0 Å². The van der Waals surface area contributed by atoms with Gasteiger partial charge in [-0.2, -0.15) is 0 Å². The van der Waals surface area contributed by atoms with Crippen molar-refractivity contribution < 1.29 is 14.0 Å². The van der Waals surface area contributed by atoms with Gasteiger partial charge in [-0.15, -0.1) is 0 Å². The van der Waals surface area contributed by atoms with E-state index in [1.807, 2.05) is 0 Å². The molecule has 7 heteroatoms. The van der Waals surface area contributed by atoms with Gasteiger partial charge in [0.1, 0.15) is 5.82 Å². The second-order valence-electron chi connectivity index (χ2n) is 5.04. The van der Waals surface area contributed by atoms with Crippen LogP contribution in [0.25, 0.3) is 10.2 Å². The van der Waals surface area contributed by atoms with Crippen LogP contribution < -0.4 is 10.6 Å². The van der Waals surface area contributed by atoms with Gasteiger partial charge >= 0.3 is 0 Å². The lowest BCUT2D eigenvalue weighted by Gasteiger charge is -2.05. The molecule has 1 aromatic heterocycles. The van der Waals surface area contributed by atoms with Gasteiger partial charge in [0.05, 0.1) is 15.8 Å². The van der Waals surface area contributed by atoms with Crippen LogP contribution >= 0.6 is 11.3 Å². The van der Waals surface area contributed by atoms with Crippen LogP contribution in [-0.4, -0.2) is 16.8 Å². The topological polar surface area (TPSA) is 71.1 Å². The van der Waals surface area contributed by atoms with Crippen molar-refractivity contribution >= 4 is 44.2 Å². The van der Waals surface area contributed by atoms with Gasteiger partial charge in [-0.3, -0.25) is 9.59 Å². The molecule has 2 amide bonds. The molecule has 0 saturated heterocycles. The quantitative estimate of drug-likeness (QED) is 0.751. The normalized spacial score (nSPS) is 10.6. The van der Waals surface area contributed by atoms with E-state index in [4.69, 9.17) is 0 Å². The molecule has 122 valence electrons. The summed E-state index contributed by atoms with van der Waals surface area (Å²) in [6.07, 6.45) is 0.375. The maximum absolute atomic E-state index is 13.6. The molecule has 0 fully saturated rings. The van der Waals surface area contributed by atoms with Gasteiger partial charge in [-0.1, -0.05) is 30.4 Å². The molecule has 5 nitrogen and oxygen atoms in total. The van der Waals surface area contributed by atoms with Crippen LogP contribution in [0.15, 0.2) is 42.5 Å². The first kappa shape index (κ1) is 16.1. The lowest BCUT2D eigenvalue weighted by Crippen LogP contribution is -2.13. The largest absolute Gasteiger partial charge is 0.322 e. The number of nitrogens with zero attached hydrogens (tertiary/aromatic N) is 1. The zero-order chi connectivity index (χ0) is 17.1. The van der Waals surface area contributed by atoms with Crippen molar-refractivity contribution in [1.82, 2.24) is 4.98 Å². The van der Waals surface area contributed by atoms with Crippen LogP contribution in [-0.2, 0) is 4.79 Å². The third-order valence-corrected chi connectivity index (χ3v) is 4.28. The van der Waals surface area contributed by atoms with Crippen molar-refractivity contribution in [3.63, 3.8) is 0 Å². The number of nitrogens with one attached hydrogen (secondary N) is 2. The summed E-state index contributed by atoms with van der Waals surface area (Å²) in [5, 5.41) is 5.87. The van der Waals surface area contributed by atoms with Crippen molar-refractivity contribution in [1.29, 1.82) is 0 Å². The Bertz CT molecular complexity index is 923. The highest BCUT2D eigenvalue weighted by Gasteiger charge is 2.12. The number of amides is 2. The number of fused-ring (bicyclic) bond motifs is 1. The van der Waals surface area contributed by atoms with Gasteiger partial charge < -0.3 is 10.6 Å². The fourth-order valence-electron chi connectivity index (χ4n) is 2.11. The molecule has 0 radical (unpaired) electrons. The Hall–Kier alpha value is -2.80. The maximum atomic E-state index is 13.6. The van der Waals surface area contributed by atoms with E-state index >= 15 is 0 Å². The van der Waals surface area contributed by atoms with Gasteiger partial charge in [-0.05, 0) is 30.3 Å². The first-order valence-corrected chi connectivity index (χ1v) is 8.15. The number of hydrogen-bond acceptors (Lipinski definition) is 4. The van der Waals surface area contributed by atoms with E-state index in [1.54, 1.807) is 31.2 Å². The lowest BCUT2D eigenvalue weighted by molar-refractivity contribution is -0.115. The average molecular weight is 343 g/mol. The van der Waals surface area contributed by atoms with Crippen LogP contribution in [0.1, 0.15) is 23.7 Å². The lowest BCUT2D eigenvalue weighted by atomic mass is 10.2. The molecule has 24 heavy (non-hydrogen) atoms. The van der Waals surface area contributed by atoms with Crippen molar-refractivity contribution in [3.05, 3.63) is 53.8 Å². The maximum Gasteiger partial charge on any atom is 0.258 e. The molecule has 1 heterocycles. The van der Waals surface area contributed by atoms with Crippen LogP contribution in [0.2, 0.25) is 0 Å². The number of hydrogen-bond donors (Lipinski definition) is 2. The standard InChI is InChI=1S/C17H14FN3O2S/c1-2-15(22)21-17-20-13-9-10(7-8-14(13)24-17)19-16(23)11-5-3-4-6-12(11)18/h3-9H,2H2,1H3,(H,19,23)(H,20,21,22). The van der Waals surface area contributed by atoms with Gasteiger partial charge in [0.25, 0.3) is 5.91 Å². The van der Waals surface area contributed by atoms with Crippen molar-refractivity contribution in [2.75, 3.05) is 10.6 Å². The monoisotopic (exact) mass is 343 g/mol. The number of halogens is 1. The Morgan fingerprint density at radius 2 is 1.96 bits per heavy atom. The number of aromatic nitrogens is 1. The number of anilines is 2. The van der Waals surface area contributed by atoms with Crippen molar-refractivity contribution in [2.45, 2.75) is 13.3 Å². The van der Waals surface area contributed by atoms with E-state index in [0.717, 1.165) is 4.70 Å². The molecule has 2 N–H and O–H groups in total. The summed E-state index contributed by atoms with van der Waals surface area (Å²) in [4.78, 5) is 27.9. The Morgan fingerprint density at radius 1 is 1.17 bits per heavy atom. The predicted molar refractivity (Wildman–Crippen MR) is 92.9 cm³/mol. The summed E-state index contributed by atoms with van der Waals surface area (Å²) in [5.74, 6) is -1.21. The van der Waals surface area contributed by atoms with E-state index < -0.39 is 11.7 Å². The van der Waals surface area contributed by atoms with Crippen LogP contribution in [0.4, 0.5) is 15.2 Å². The third-order valence-electron chi connectivity index (χ3n) is 3.33. The molecule has 0 bridgehead atoms. The van der Waals surface area contributed by atoms with Gasteiger partial charge in [0.15, 0.2) is 5.13 Å². The SMILES string of the molecule is CCC(=O)Nc1nc2cc(NC(=O)c3ccccc3F)ccc2s1. The molecule has 0 aliphatic heterocycles. The Morgan fingerprint density at radius 3 is 2.71 bits per heavy atom. The number of carbonyl (C=O) groups is 2. The number of benzene rings is 2. The minimum atomic E-state index is -0.575. The van der Waals surface area contributed by atoms with Gasteiger partial charge in [0, 0.05) is 12.1 Å². The molecule has 0 aliphatic carbocycles. The minimum Gasteiger partial charge on any atom is -0.322 e. The van der Waals surface area contributed by atoms with Crippen LogP contribution in [0.5, 0.6) is 0 Å². The van der Waals surface area contributed by atoms with E-state index in [-0.39, 0.29) is 11.5 Å². The number of thiazole rings is 1. The van der Waals surface area contributed by atoms with Crippen molar-refractivity contribution in [2.24, 2.45) is 0 Å². The summed E-state index contributed by atoms with van der Waals surface area (Å²) in [6.45, 7) is 1.76. The molecule has 0 unspecified atom stereocenters. The minimum absolute atomic E-state index is 0.0215. The molecule has 2 aromatic carbocycles. The first-order chi connectivity index (χ1) is 11.6. The molecule has 0 saturated carbocycles. The Balaban J connectivity index is 1.82. The fraction of sp³-hybridized carbons (Fsp3) is 0.118. The molecule has 3 rings (SSSR count). The predicted octanol–water partition coefficient (Wildman–Crippen LogP) is 4.04. The van der Waals surface area contributed by atoms with E-state index in [0.29, 0.717) is 22.8 Å². The number of carbonyl (C=O) groups excluding carboxylic acids is 2.